The van der Waals surface area contributed by atoms with E-state index in [0.717, 1.165) is 16.9 Å². The van der Waals surface area contributed by atoms with Gasteiger partial charge in [0.15, 0.2) is 5.65 Å². The van der Waals surface area contributed by atoms with Crippen LogP contribution in [0.15, 0.2) is 18.2 Å². The molecule has 0 amide bonds. The van der Waals surface area contributed by atoms with E-state index in [2.05, 4.69) is 10.1 Å². The van der Waals surface area contributed by atoms with Gasteiger partial charge in [0.05, 0.1) is 16.8 Å². The topological polar surface area (TPSA) is 35.6 Å². The van der Waals surface area contributed by atoms with E-state index in [-0.39, 0.29) is 5.38 Å². The maximum absolute atomic E-state index is 13.7. The molecule has 0 aliphatic carbocycles. The van der Waals surface area contributed by atoms with Crippen molar-refractivity contribution in [3.63, 3.8) is 0 Å². The van der Waals surface area contributed by atoms with Crippen molar-refractivity contribution in [2.45, 2.75) is 19.2 Å². The Morgan fingerprint density at radius 3 is 2.62 bits per heavy atom. The zero-order chi connectivity index (χ0) is 15.3. The molecule has 7 heteroatoms. The summed E-state index contributed by atoms with van der Waals surface area (Å²) < 4.78 is 17.2. The number of alkyl halides is 1. The Morgan fingerprint density at radius 1 is 1.29 bits per heavy atom. The normalized spacial score (nSPS) is 13.0. The first kappa shape index (κ1) is 14.4. The first-order valence-corrected chi connectivity index (χ1v) is 7.22. The number of nitrogens with zero attached hydrogens (tertiary/aromatic N) is 4. The summed E-state index contributed by atoms with van der Waals surface area (Å²) in [6.07, 6.45) is 0. The number of hydrogen-bond donors (Lipinski definition) is 0. The molecular formula is C14H13Cl2FN4. The lowest BCUT2D eigenvalue weighted by Gasteiger charge is -2.11. The Balaban J connectivity index is 2.41. The summed E-state index contributed by atoms with van der Waals surface area (Å²) in [7, 11) is 1.82. The number of aromatic nitrogens is 4. The predicted molar refractivity (Wildman–Crippen MR) is 81.8 cm³/mol. The molecule has 110 valence electrons. The highest BCUT2D eigenvalue weighted by molar-refractivity contribution is 6.30. The van der Waals surface area contributed by atoms with Crippen molar-refractivity contribution in [1.29, 1.82) is 0 Å². The van der Waals surface area contributed by atoms with Gasteiger partial charge in [0.2, 0.25) is 0 Å². The van der Waals surface area contributed by atoms with E-state index in [1.54, 1.807) is 15.3 Å². The average Bonchev–Trinajstić information content (AvgIpc) is 2.88. The molecule has 0 N–H and O–H groups in total. The fraction of sp³-hybridized carbons (Fsp3) is 0.286. The molecule has 2 aromatic heterocycles. The zero-order valence-electron chi connectivity index (χ0n) is 11.7. The van der Waals surface area contributed by atoms with Gasteiger partial charge in [-0.05, 0) is 32.0 Å². The van der Waals surface area contributed by atoms with Crippen molar-refractivity contribution < 1.29 is 4.39 Å². The molecule has 0 aliphatic heterocycles. The van der Waals surface area contributed by atoms with Crippen LogP contribution in [0.25, 0.3) is 16.9 Å². The Kier molecular flexibility index (Phi) is 3.42. The van der Waals surface area contributed by atoms with E-state index >= 15 is 0 Å². The Labute approximate surface area is 131 Å². The van der Waals surface area contributed by atoms with Gasteiger partial charge in [0, 0.05) is 12.1 Å². The summed E-state index contributed by atoms with van der Waals surface area (Å²) in [5, 5.41) is 4.33. The van der Waals surface area contributed by atoms with Crippen LogP contribution in [0.1, 0.15) is 23.8 Å². The number of halogens is 3. The second kappa shape index (κ2) is 5.00. The quantitative estimate of drug-likeness (QED) is 0.663. The highest BCUT2D eigenvalue weighted by Gasteiger charge is 2.21. The molecular weight excluding hydrogens is 314 g/mol. The average molecular weight is 327 g/mol. The van der Waals surface area contributed by atoms with Crippen LogP contribution in [0.4, 0.5) is 4.39 Å². The number of hydrogen-bond acceptors (Lipinski definition) is 2. The first-order valence-electron chi connectivity index (χ1n) is 6.41. The van der Waals surface area contributed by atoms with Gasteiger partial charge in [-0.2, -0.15) is 5.10 Å². The van der Waals surface area contributed by atoms with E-state index in [9.17, 15) is 4.39 Å². The Bertz CT molecular complexity index is 815. The molecule has 0 saturated heterocycles. The zero-order valence-corrected chi connectivity index (χ0v) is 13.2. The monoisotopic (exact) mass is 326 g/mol. The Hall–Kier alpha value is -1.59. The minimum absolute atomic E-state index is 0.318. The van der Waals surface area contributed by atoms with Gasteiger partial charge in [-0.25, -0.2) is 14.1 Å². The smallest absolute Gasteiger partial charge is 0.163 e. The molecule has 0 bridgehead atoms. The maximum Gasteiger partial charge on any atom is 0.163 e. The second-order valence-corrected chi connectivity index (χ2v) is 6.02. The van der Waals surface area contributed by atoms with Gasteiger partial charge < -0.3 is 0 Å². The van der Waals surface area contributed by atoms with Crippen molar-refractivity contribution in [2.24, 2.45) is 7.05 Å². The molecule has 1 atom stereocenters. The SMILES string of the molecule is Cc1nn(C)c2c1nc(C(C)Cl)n2-c1cc(F)cc(Cl)c1. The third-order valence-corrected chi connectivity index (χ3v) is 3.70. The first-order chi connectivity index (χ1) is 9.88. The third-order valence-electron chi connectivity index (χ3n) is 3.29. The molecule has 0 saturated carbocycles. The molecule has 3 aromatic rings. The van der Waals surface area contributed by atoms with Crippen LogP contribution < -0.4 is 0 Å². The predicted octanol–water partition coefficient (Wildman–Crippen LogP) is 4.16. The van der Waals surface area contributed by atoms with Gasteiger partial charge in [0.1, 0.15) is 17.2 Å². The fourth-order valence-electron chi connectivity index (χ4n) is 2.48. The standard InChI is InChI=1S/C14H13Cl2FN4/c1-7(15)13-18-12-8(2)19-20(3)14(12)21(13)11-5-9(16)4-10(17)6-11/h4-7H,1-3H3. The minimum atomic E-state index is -0.411. The van der Waals surface area contributed by atoms with Gasteiger partial charge in [-0.15, -0.1) is 11.6 Å². The summed E-state index contributed by atoms with van der Waals surface area (Å²) in [6, 6.07) is 4.34. The van der Waals surface area contributed by atoms with Crippen LogP contribution in [0.5, 0.6) is 0 Å². The van der Waals surface area contributed by atoms with Crippen LogP contribution in [0.2, 0.25) is 5.02 Å². The van der Waals surface area contributed by atoms with Gasteiger partial charge in [-0.3, -0.25) is 4.57 Å². The van der Waals surface area contributed by atoms with Crippen LogP contribution in [-0.2, 0) is 7.05 Å². The molecule has 0 radical (unpaired) electrons. The fourth-order valence-corrected chi connectivity index (χ4v) is 2.84. The van der Waals surface area contributed by atoms with E-state index in [1.165, 1.54) is 12.1 Å². The van der Waals surface area contributed by atoms with Crippen molar-refractivity contribution in [1.82, 2.24) is 19.3 Å². The number of aryl methyl sites for hydroxylation is 2. The summed E-state index contributed by atoms with van der Waals surface area (Å²) in [5.41, 5.74) is 2.89. The number of fused-ring (bicyclic) bond motifs is 1. The van der Waals surface area contributed by atoms with Crippen molar-refractivity contribution in [3.05, 3.63) is 40.6 Å². The van der Waals surface area contributed by atoms with Crippen molar-refractivity contribution in [3.8, 4) is 5.69 Å². The minimum Gasteiger partial charge on any atom is -0.280 e. The van der Waals surface area contributed by atoms with Crippen LogP contribution in [-0.4, -0.2) is 19.3 Å². The van der Waals surface area contributed by atoms with Crippen molar-refractivity contribution >= 4 is 34.4 Å². The molecule has 1 aromatic carbocycles. The highest BCUT2D eigenvalue weighted by Crippen LogP contribution is 2.30. The lowest BCUT2D eigenvalue weighted by atomic mass is 10.3. The number of imidazole rings is 1. The van der Waals surface area contributed by atoms with Crippen molar-refractivity contribution in [2.75, 3.05) is 0 Å². The van der Waals surface area contributed by atoms with Gasteiger partial charge in [-0.1, -0.05) is 11.6 Å². The van der Waals surface area contributed by atoms with Crippen LogP contribution in [0.3, 0.4) is 0 Å². The lowest BCUT2D eigenvalue weighted by molar-refractivity contribution is 0.626. The Morgan fingerprint density at radius 2 is 2.00 bits per heavy atom. The lowest BCUT2D eigenvalue weighted by Crippen LogP contribution is -2.06. The molecule has 1 unspecified atom stereocenters. The van der Waals surface area contributed by atoms with Crippen LogP contribution >= 0.6 is 23.2 Å². The second-order valence-electron chi connectivity index (χ2n) is 4.93. The molecule has 21 heavy (non-hydrogen) atoms. The number of rotatable bonds is 2. The molecule has 0 fully saturated rings. The van der Waals surface area contributed by atoms with E-state index in [0.29, 0.717) is 16.5 Å². The molecule has 2 heterocycles. The molecule has 3 rings (SSSR count). The third kappa shape index (κ3) is 2.30. The summed E-state index contributed by atoms with van der Waals surface area (Å²) in [5.74, 6) is 0.218. The van der Waals surface area contributed by atoms with E-state index in [4.69, 9.17) is 23.2 Å². The highest BCUT2D eigenvalue weighted by atomic mass is 35.5. The number of benzene rings is 1. The molecule has 0 spiro atoms. The van der Waals surface area contributed by atoms with Crippen LogP contribution in [0, 0.1) is 12.7 Å². The summed E-state index contributed by atoms with van der Waals surface area (Å²) in [6.45, 7) is 3.70. The summed E-state index contributed by atoms with van der Waals surface area (Å²) in [4.78, 5) is 4.55. The van der Waals surface area contributed by atoms with E-state index in [1.807, 2.05) is 20.9 Å². The molecule has 0 aliphatic rings. The van der Waals surface area contributed by atoms with Gasteiger partial charge >= 0.3 is 0 Å². The van der Waals surface area contributed by atoms with E-state index < -0.39 is 5.82 Å². The van der Waals surface area contributed by atoms with Gasteiger partial charge in [0.25, 0.3) is 0 Å². The maximum atomic E-state index is 13.7. The molecule has 4 nitrogen and oxygen atoms in total. The largest absolute Gasteiger partial charge is 0.280 e. The summed E-state index contributed by atoms with van der Waals surface area (Å²) >= 11 is 12.2.